The number of halogens is 1. The summed E-state index contributed by atoms with van der Waals surface area (Å²) in [6.45, 7) is 1.47. The van der Waals surface area contributed by atoms with Crippen molar-refractivity contribution in [2.24, 2.45) is 11.8 Å². The number of ether oxygens (including phenoxy) is 1. The predicted molar refractivity (Wildman–Crippen MR) is 76.8 cm³/mol. The van der Waals surface area contributed by atoms with Gasteiger partial charge in [0.2, 0.25) is 0 Å². The molecule has 19 heavy (non-hydrogen) atoms. The van der Waals surface area contributed by atoms with Crippen molar-refractivity contribution in [3.63, 3.8) is 0 Å². The Balaban J connectivity index is 1.89. The first kappa shape index (κ1) is 14.5. The number of allylic oxidation sites excluding steroid dienone is 1. The van der Waals surface area contributed by atoms with Crippen LogP contribution in [0, 0.1) is 23.7 Å². The van der Waals surface area contributed by atoms with Crippen LogP contribution in [0.5, 0.6) is 0 Å². The van der Waals surface area contributed by atoms with E-state index in [1.165, 1.54) is 26.2 Å². The molecule has 0 bridgehead atoms. The van der Waals surface area contributed by atoms with E-state index < -0.39 is 0 Å². The van der Waals surface area contributed by atoms with E-state index in [1.54, 1.807) is 0 Å². The molecule has 0 aliphatic heterocycles. The second-order valence-electron chi connectivity index (χ2n) is 5.48. The third-order valence-electron chi connectivity index (χ3n) is 3.77. The zero-order valence-electron chi connectivity index (χ0n) is 11.4. The molecule has 0 saturated heterocycles. The SMILES string of the molecule is CC(=O)O[C@@H](/C=C/C#C[C@H]1C[C@@H]1Cl)C1CCCCC1. The number of carbonyl (C=O) groups excluding carboxylic acids is 1. The Labute approximate surface area is 120 Å². The van der Waals surface area contributed by atoms with E-state index in [0.717, 1.165) is 19.3 Å². The van der Waals surface area contributed by atoms with Crippen LogP contribution in [0.2, 0.25) is 0 Å². The van der Waals surface area contributed by atoms with E-state index in [-0.39, 0.29) is 17.5 Å². The summed E-state index contributed by atoms with van der Waals surface area (Å²) in [6.07, 6.45) is 10.7. The van der Waals surface area contributed by atoms with E-state index in [9.17, 15) is 4.79 Å². The molecule has 0 aromatic rings. The largest absolute Gasteiger partial charge is 0.458 e. The summed E-state index contributed by atoms with van der Waals surface area (Å²) >= 11 is 5.89. The minimum atomic E-state index is -0.212. The van der Waals surface area contributed by atoms with Crippen LogP contribution < -0.4 is 0 Å². The van der Waals surface area contributed by atoms with Gasteiger partial charge < -0.3 is 4.74 Å². The molecule has 0 N–H and O–H groups in total. The van der Waals surface area contributed by atoms with Gasteiger partial charge >= 0.3 is 5.97 Å². The number of hydrogen-bond donors (Lipinski definition) is 0. The fraction of sp³-hybridized carbons (Fsp3) is 0.688. The monoisotopic (exact) mass is 280 g/mol. The van der Waals surface area contributed by atoms with E-state index in [0.29, 0.717) is 11.8 Å². The molecule has 0 radical (unpaired) electrons. The Kier molecular flexibility index (Phi) is 5.34. The van der Waals surface area contributed by atoms with Crippen LogP contribution >= 0.6 is 11.6 Å². The molecule has 0 aromatic heterocycles. The fourth-order valence-corrected chi connectivity index (χ4v) is 2.81. The van der Waals surface area contributed by atoms with Gasteiger partial charge in [-0.1, -0.05) is 31.1 Å². The number of alkyl halides is 1. The van der Waals surface area contributed by atoms with Crippen LogP contribution in [0.3, 0.4) is 0 Å². The molecule has 0 amide bonds. The molecule has 2 fully saturated rings. The van der Waals surface area contributed by atoms with E-state index in [1.807, 2.05) is 12.2 Å². The Hall–Kier alpha value is -0.940. The molecule has 0 aromatic carbocycles. The number of carbonyl (C=O) groups is 1. The Bertz CT molecular complexity index is 399. The second-order valence-corrected chi connectivity index (χ2v) is 6.04. The van der Waals surface area contributed by atoms with Gasteiger partial charge in [-0.15, -0.1) is 11.6 Å². The summed E-state index contributed by atoms with van der Waals surface area (Å²) < 4.78 is 5.41. The van der Waals surface area contributed by atoms with Gasteiger partial charge in [0.1, 0.15) is 6.10 Å². The van der Waals surface area contributed by atoms with E-state index in [2.05, 4.69) is 11.8 Å². The fourth-order valence-electron chi connectivity index (χ4n) is 2.56. The van der Waals surface area contributed by atoms with Crippen LogP contribution in [0.1, 0.15) is 45.4 Å². The second kappa shape index (κ2) is 7.01. The summed E-state index contributed by atoms with van der Waals surface area (Å²) in [5, 5.41) is 0.239. The van der Waals surface area contributed by atoms with Gasteiger partial charge in [-0.25, -0.2) is 0 Å². The Morgan fingerprint density at radius 3 is 2.63 bits per heavy atom. The third-order valence-corrected chi connectivity index (χ3v) is 4.25. The summed E-state index contributed by atoms with van der Waals surface area (Å²) in [6, 6.07) is 0. The zero-order valence-corrected chi connectivity index (χ0v) is 12.2. The maximum Gasteiger partial charge on any atom is 0.303 e. The molecule has 0 spiro atoms. The van der Waals surface area contributed by atoms with Crippen LogP contribution in [-0.2, 0) is 9.53 Å². The molecule has 2 nitrogen and oxygen atoms in total. The molecule has 2 aliphatic carbocycles. The minimum Gasteiger partial charge on any atom is -0.458 e. The highest BCUT2D eigenvalue weighted by Crippen LogP contribution is 2.35. The summed E-state index contributed by atoms with van der Waals surface area (Å²) in [7, 11) is 0. The van der Waals surface area contributed by atoms with E-state index in [4.69, 9.17) is 16.3 Å². The molecule has 104 valence electrons. The predicted octanol–water partition coefficient (Wildman–Crippen LogP) is 3.69. The van der Waals surface area contributed by atoms with Gasteiger partial charge in [-0.2, -0.15) is 0 Å². The van der Waals surface area contributed by atoms with Gasteiger partial charge in [0.25, 0.3) is 0 Å². The van der Waals surface area contributed by atoms with Crippen molar-refractivity contribution < 1.29 is 9.53 Å². The van der Waals surface area contributed by atoms with Gasteiger partial charge in [-0.05, 0) is 37.3 Å². The molecule has 0 unspecified atom stereocenters. The lowest BCUT2D eigenvalue weighted by molar-refractivity contribution is -0.146. The van der Waals surface area contributed by atoms with Crippen molar-refractivity contribution in [3.8, 4) is 11.8 Å². The van der Waals surface area contributed by atoms with Crippen LogP contribution in [0.4, 0.5) is 0 Å². The zero-order chi connectivity index (χ0) is 13.7. The van der Waals surface area contributed by atoms with Gasteiger partial charge in [0, 0.05) is 18.2 Å². The first-order chi connectivity index (χ1) is 9.16. The summed E-state index contributed by atoms with van der Waals surface area (Å²) in [4.78, 5) is 11.2. The van der Waals surface area contributed by atoms with Crippen molar-refractivity contribution in [2.75, 3.05) is 0 Å². The van der Waals surface area contributed by atoms with E-state index >= 15 is 0 Å². The standard InChI is InChI=1S/C16H21ClO2/c1-12(18)19-16(13-7-3-2-4-8-13)10-6-5-9-14-11-15(14)17/h6,10,13-16H,2-4,7-8,11H2,1H3/b10-6+/t14-,15-,16-/m0/s1. The normalized spacial score (nSPS) is 28.5. The lowest BCUT2D eigenvalue weighted by Crippen LogP contribution is -2.26. The molecule has 2 aliphatic rings. The van der Waals surface area contributed by atoms with Crippen LogP contribution in [-0.4, -0.2) is 17.5 Å². The molecular weight excluding hydrogens is 260 g/mol. The maximum absolute atomic E-state index is 11.2. The topological polar surface area (TPSA) is 26.3 Å². The number of esters is 1. The van der Waals surface area contributed by atoms with Gasteiger partial charge in [-0.3, -0.25) is 4.79 Å². The molecule has 2 rings (SSSR count). The Morgan fingerprint density at radius 2 is 2.05 bits per heavy atom. The van der Waals surface area contributed by atoms with Crippen molar-refractivity contribution in [3.05, 3.63) is 12.2 Å². The highest BCUT2D eigenvalue weighted by molar-refractivity contribution is 6.22. The quantitative estimate of drug-likeness (QED) is 0.448. The molecular formula is C16H21ClO2. The number of rotatable bonds is 3. The third kappa shape index (κ3) is 4.91. The minimum absolute atomic E-state index is 0.113. The molecule has 0 heterocycles. The highest BCUT2D eigenvalue weighted by Gasteiger charge is 2.33. The first-order valence-electron chi connectivity index (χ1n) is 7.16. The van der Waals surface area contributed by atoms with Crippen molar-refractivity contribution in [1.82, 2.24) is 0 Å². The van der Waals surface area contributed by atoms with Gasteiger partial charge in [0.05, 0.1) is 0 Å². The average Bonchev–Trinajstić information content (AvgIpc) is 3.10. The average molecular weight is 281 g/mol. The Morgan fingerprint density at radius 1 is 1.37 bits per heavy atom. The first-order valence-corrected chi connectivity index (χ1v) is 7.59. The molecule has 3 atom stereocenters. The lowest BCUT2D eigenvalue weighted by atomic mass is 9.85. The number of hydrogen-bond acceptors (Lipinski definition) is 2. The van der Waals surface area contributed by atoms with Gasteiger partial charge in [0.15, 0.2) is 0 Å². The lowest BCUT2D eigenvalue weighted by Gasteiger charge is -2.27. The van der Waals surface area contributed by atoms with Crippen LogP contribution in [0.25, 0.3) is 0 Å². The van der Waals surface area contributed by atoms with Crippen molar-refractivity contribution in [2.45, 2.75) is 56.9 Å². The highest BCUT2D eigenvalue weighted by atomic mass is 35.5. The van der Waals surface area contributed by atoms with Crippen molar-refractivity contribution >= 4 is 17.6 Å². The van der Waals surface area contributed by atoms with Crippen molar-refractivity contribution in [1.29, 1.82) is 0 Å². The smallest absolute Gasteiger partial charge is 0.303 e. The van der Waals surface area contributed by atoms with Crippen LogP contribution in [0.15, 0.2) is 12.2 Å². The summed E-state index contributed by atoms with van der Waals surface area (Å²) in [5.41, 5.74) is 0. The summed E-state index contributed by atoms with van der Waals surface area (Å²) in [5.74, 6) is 6.72. The molecule has 2 saturated carbocycles. The molecule has 3 heteroatoms. The maximum atomic E-state index is 11.2.